The van der Waals surface area contributed by atoms with Crippen molar-refractivity contribution in [3.63, 3.8) is 0 Å². The van der Waals surface area contributed by atoms with Crippen molar-refractivity contribution in [3.8, 4) is 0 Å². The molecule has 0 spiro atoms. The molecule has 0 radical (unpaired) electrons. The van der Waals surface area contributed by atoms with Crippen LogP contribution in [-0.4, -0.2) is 21.5 Å². The number of sulfonamides is 1. The third-order valence-electron chi connectivity index (χ3n) is 3.23. The molecule has 0 saturated heterocycles. The monoisotopic (exact) mass is 281 g/mol. The Morgan fingerprint density at radius 2 is 2.11 bits per heavy atom. The maximum absolute atomic E-state index is 11.8. The Morgan fingerprint density at radius 3 is 2.74 bits per heavy atom. The first-order valence-electron chi connectivity index (χ1n) is 6.27. The predicted octanol–water partition coefficient (Wildman–Crippen LogP) is 1.70. The first-order chi connectivity index (χ1) is 9.03. The summed E-state index contributed by atoms with van der Waals surface area (Å²) in [6.07, 6.45) is 7.28. The van der Waals surface area contributed by atoms with Crippen molar-refractivity contribution in [1.82, 2.24) is 4.72 Å². The second-order valence-corrected chi connectivity index (χ2v) is 6.47. The SMILES string of the molecule is CNS(=O)(=O)c1ccc(N)c(NC2CC=CCC2)c1. The summed E-state index contributed by atoms with van der Waals surface area (Å²) < 4.78 is 25.8. The Kier molecular flexibility index (Phi) is 4.11. The Hall–Kier alpha value is -1.53. The lowest BCUT2D eigenvalue weighted by molar-refractivity contribution is 0.588. The molecule has 5 nitrogen and oxygen atoms in total. The van der Waals surface area contributed by atoms with Crippen LogP contribution >= 0.6 is 0 Å². The third kappa shape index (κ3) is 3.27. The van der Waals surface area contributed by atoms with Crippen LogP contribution in [0.5, 0.6) is 0 Å². The molecule has 0 bridgehead atoms. The van der Waals surface area contributed by atoms with Crippen LogP contribution in [0.1, 0.15) is 19.3 Å². The van der Waals surface area contributed by atoms with Gasteiger partial charge in [0.2, 0.25) is 10.0 Å². The number of benzene rings is 1. The summed E-state index contributed by atoms with van der Waals surface area (Å²) in [6.45, 7) is 0. The standard InChI is InChI=1S/C13H19N3O2S/c1-15-19(17,18)11-7-8-12(14)13(9-11)16-10-5-3-2-4-6-10/h2-3,7-10,15-16H,4-6,14H2,1H3. The molecule has 1 aromatic rings. The number of rotatable bonds is 4. The Morgan fingerprint density at radius 1 is 1.32 bits per heavy atom. The van der Waals surface area contributed by atoms with Gasteiger partial charge in [-0.1, -0.05) is 12.2 Å². The highest BCUT2D eigenvalue weighted by Gasteiger charge is 2.15. The summed E-state index contributed by atoms with van der Waals surface area (Å²) >= 11 is 0. The lowest BCUT2D eigenvalue weighted by Crippen LogP contribution is -2.22. The van der Waals surface area contributed by atoms with Gasteiger partial charge in [0.05, 0.1) is 16.3 Å². The van der Waals surface area contributed by atoms with E-state index in [1.165, 1.54) is 13.1 Å². The smallest absolute Gasteiger partial charge is 0.240 e. The van der Waals surface area contributed by atoms with E-state index in [0.717, 1.165) is 19.3 Å². The van der Waals surface area contributed by atoms with Gasteiger partial charge in [-0.2, -0.15) is 0 Å². The van der Waals surface area contributed by atoms with Gasteiger partial charge < -0.3 is 11.1 Å². The molecule has 1 aliphatic rings. The number of allylic oxidation sites excluding steroid dienone is 1. The average molecular weight is 281 g/mol. The van der Waals surface area contributed by atoms with Gasteiger partial charge in [-0.25, -0.2) is 13.1 Å². The number of hydrogen-bond donors (Lipinski definition) is 3. The minimum atomic E-state index is -3.44. The fraction of sp³-hybridized carbons (Fsp3) is 0.385. The summed E-state index contributed by atoms with van der Waals surface area (Å²) in [7, 11) is -2.04. The summed E-state index contributed by atoms with van der Waals surface area (Å²) in [4.78, 5) is 0.220. The van der Waals surface area contributed by atoms with Crippen LogP contribution in [0.15, 0.2) is 35.2 Å². The van der Waals surface area contributed by atoms with E-state index in [1.807, 2.05) is 0 Å². The highest BCUT2D eigenvalue weighted by atomic mass is 32.2. The van der Waals surface area contributed by atoms with Gasteiger partial charge in [0.15, 0.2) is 0 Å². The molecule has 1 aromatic carbocycles. The molecule has 0 amide bonds. The lowest BCUT2D eigenvalue weighted by Gasteiger charge is -2.22. The molecule has 0 aliphatic heterocycles. The average Bonchev–Trinajstić information content (AvgIpc) is 2.42. The normalized spacial score (nSPS) is 19.3. The van der Waals surface area contributed by atoms with Gasteiger partial charge in [-0.05, 0) is 44.5 Å². The quantitative estimate of drug-likeness (QED) is 0.579. The highest BCUT2D eigenvalue weighted by molar-refractivity contribution is 7.89. The second kappa shape index (κ2) is 5.63. The topological polar surface area (TPSA) is 84.2 Å². The lowest BCUT2D eigenvalue weighted by atomic mass is 10.0. The highest BCUT2D eigenvalue weighted by Crippen LogP contribution is 2.25. The van der Waals surface area contributed by atoms with Crippen LogP contribution < -0.4 is 15.8 Å². The largest absolute Gasteiger partial charge is 0.397 e. The van der Waals surface area contributed by atoms with E-state index >= 15 is 0 Å². The van der Waals surface area contributed by atoms with Crippen molar-refractivity contribution >= 4 is 21.4 Å². The van der Waals surface area contributed by atoms with E-state index in [2.05, 4.69) is 22.2 Å². The molecule has 104 valence electrons. The molecule has 1 aliphatic carbocycles. The van der Waals surface area contributed by atoms with Crippen LogP contribution in [-0.2, 0) is 10.0 Å². The van der Waals surface area contributed by atoms with Gasteiger partial charge in [0, 0.05) is 6.04 Å². The predicted molar refractivity (Wildman–Crippen MR) is 77.5 cm³/mol. The number of hydrogen-bond acceptors (Lipinski definition) is 4. The van der Waals surface area contributed by atoms with Crippen molar-refractivity contribution in [3.05, 3.63) is 30.4 Å². The summed E-state index contributed by atoms with van der Waals surface area (Å²) in [5, 5.41) is 3.32. The number of nitrogen functional groups attached to an aromatic ring is 1. The fourth-order valence-corrected chi connectivity index (χ4v) is 2.85. The first-order valence-corrected chi connectivity index (χ1v) is 7.76. The van der Waals surface area contributed by atoms with Crippen LogP contribution in [0.4, 0.5) is 11.4 Å². The van der Waals surface area contributed by atoms with Crippen molar-refractivity contribution in [2.75, 3.05) is 18.1 Å². The van der Waals surface area contributed by atoms with Crippen LogP contribution in [0.3, 0.4) is 0 Å². The van der Waals surface area contributed by atoms with Gasteiger partial charge in [0.1, 0.15) is 0 Å². The van der Waals surface area contributed by atoms with Gasteiger partial charge in [-0.15, -0.1) is 0 Å². The third-order valence-corrected chi connectivity index (χ3v) is 4.64. The van der Waals surface area contributed by atoms with Gasteiger partial charge in [-0.3, -0.25) is 0 Å². The molecule has 2 rings (SSSR count). The van der Waals surface area contributed by atoms with E-state index in [1.54, 1.807) is 12.1 Å². The zero-order chi connectivity index (χ0) is 13.9. The summed E-state index contributed by atoms with van der Waals surface area (Å²) in [5.41, 5.74) is 7.13. The zero-order valence-electron chi connectivity index (χ0n) is 10.9. The molecule has 1 unspecified atom stereocenters. The van der Waals surface area contributed by atoms with E-state index in [9.17, 15) is 8.42 Å². The van der Waals surface area contributed by atoms with E-state index in [4.69, 9.17) is 5.73 Å². The minimum absolute atomic E-state index is 0.220. The Bertz CT molecular complexity index is 582. The maximum atomic E-state index is 11.8. The molecule has 0 saturated carbocycles. The number of nitrogens with one attached hydrogen (secondary N) is 2. The van der Waals surface area contributed by atoms with Crippen molar-refractivity contribution in [1.29, 1.82) is 0 Å². The van der Waals surface area contributed by atoms with Crippen LogP contribution in [0.25, 0.3) is 0 Å². The first kappa shape index (κ1) is 13.9. The Labute approximate surface area is 113 Å². The maximum Gasteiger partial charge on any atom is 0.240 e. The van der Waals surface area contributed by atoms with Crippen LogP contribution in [0.2, 0.25) is 0 Å². The molecule has 0 aromatic heterocycles. The van der Waals surface area contributed by atoms with E-state index in [-0.39, 0.29) is 4.90 Å². The van der Waals surface area contributed by atoms with Gasteiger partial charge in [0.25, 0.3) is 0 Å². The molecular weight excluding hydrogens is 262 g/mol. The molecule has 4 N–H and O–H groups in total. The minimum Gasteiger partial charge on any atom is -0.397 e. The van der Waals surface area contributed by atoms with Crippen molar-refractivity contribution < 1.29 is 8.42 Å². The number of anilines is 2. The fourth-order valence-electron chi connectivity index (χ4n) is 2.09. The summed E-state index contributed by atoms with van der Waals surface area (Å²) in [5.74, 6) is 0. The van der Waals surface area contributed by atoms with Crippen LogP contribution in [0, 0.1) is 0 Å². The van der Waals surface area contributed by atoms with Crippen molar-refractivity contribution in [2.45, 2.75) is 30.2 Å². The van der Waals surface area contributed by atoms with Crippen molar-refractivity contribution in [2.24, 2.45) is 0 Å². The molecule has 6 heteroatoms. The van der Waals surface area contributed by atoms with Gasteiger partial charge >= 0.3 is 0 Å². The Balaban J connectivity index is 2.24. The molecule has 0 heterocycles. The molecular formula is C13H19N3O2S. The van der Waals surface area contributed by atoms with E-state index in [0.29, 0.717) is 17.4 Å². The molecule has 1 atom stereocenters. The molecule has 19 heavy (non-hydrogen) atoms. The summed E-state index contributed by atoms with van der Waals surface area (Å²) in [6, 6.07) is 5.01. The second-order valence-electron chi connectivity index (χ2n) is 4.58. The zero-order valence-corrected chi connectivity index (χ0v) is 11.7. The van der Waals surface area contributed by atoms with E-state index < -0.39 is 10.0 Å². The molecule has 0 fully saturated rings. The number of nitrogens with two attached hydrogens (primary N) is 1.